The van der Waals surface area contributed by atoms with Crippen LogP contribution in [0.4, 0.5) is 10.7 Å². The molecule has 1 aromatic heterocycles. The summed E-state index contributed by atoms with van der Waals surface area (Å²) < 4.78 is 32.7. The molecule has 0 saturated carbocycles. The number of amides is 1. The molecule has 0 saturated heterocycles. The van der Waals surface area contributed by atoms with Crippen molar-refractivity contribution < 1.29 is 22.7 Å². The smallest absolute Gasteiger partial charge is 0.341 e. The number of methoxy groups -OCH3 is 1. The molecule has 0 radical (unpaired) electrons. The first kappa shape index (κ1) is 22.8. The number of aryl methyl sites for hydroxylation is 1. The zero-order chi connectivity index (χ0) is 22.8. The molecule has 0 bridgehead atoms. The largest absolute Gasteiger partial charge is 0.465 e. The van der Waals surface area contributed by atoms with Gasteiger partial charge in [0, 0.05) is 9.90 Å². The van der Waals surface area contributed by atoms with Crippen molar-refractivity contribution in [3.63, 3.8) is 0 Å². The molecule has 3 rings (SSSR count). The molecule has 10 heteroatoms. The minimum atomic E-state index is -3.95. The van der Waals surface area contributed by atoms with Crippen molar-refractivity contribution in [1.82, 2.24) is 0 Å². The Bertz CT molecular complexity index is 1250. The molecular formula is C21H19ClN2O5S2. The summed E-state index contributed by atoms with van der Waals surface area (Å²) in [5.41, 5.74) is 1.18. The maximum absolute atomic E-state index is 13.0. The Morgan fingerprint density at radius 2 is 1.68 bits per heavy atom. The van der Waals surface area contributed by atoms with Crippen LogP contribution >= 0.6 is 22.9 Å². The molecule has 1 amide bonds. The van der Waals surface area contributed by atoms with Crippen LogP contribution in [-0.2, 0) is 14.8 Å². The normalized spacial score (nSPS) is 11.1. The molecule has 0 fully saturated rings. The van der Waals surface area contributed by atoms with Crippen molar-refractivity contribution >= 4 is 55.5 Å². The van der Waals surface area contributed by atoms with E-state index in [1.807, 2.05) is 6.92 Å². The maximum Gasteiger partial charge on any atom is 0.341 e. The van der Waals surface area contributed by atoms with E-state index in [2.05, 4.69) is 10.0 Å². The van der Waals surface area contributed by atoms with Crippen molar-refractivity contribution in [3.8, 4) is 0 Å². The zero-order valence-electron chi connectivity index (χ0n) is 16.9. The van der Waals surface area contributed by atoms with Gasteiger partial charge in [0.25, 0.3) is 15.9 Å². The SMILES string of the molecule is COC(=O)c1c(NC(=O)c2ccccc2NS(=O)(=O)c2ccc(Cl)cc2)sc(C)c1C. The Morgan fingerprint density at radius 1 is 1.03 bits per heavy atom. The van der Waals surface area contributed by atoms with Crippen molar-refractivity contribution in [2.75, 3.05) is 17.1 Å². The third-order valence-corrected chi connectivity index (χ3v) is 7.30. The topological polar surface area (TPSA) is 102 Å². The van der Waals surface area contributed by atoms with Gasteiger partial charge in [-0.3, -0.25) is 9.52 Å². The van der Waals surface area contributed by atoms with Crippen LogP contribution < -0.4 is 10.0 Å². The average Bonchev–Trinajstić information content (AvgIpc) is 3.01. The van der Waals surface area contributed by atoms with Gasteiger partial charge in [-0.2, -0.15) is 0 Å². The van der Waals surface area contributed by atoms with E-state index in [1.165, 1.54) is 54.8 Å². The fourth-order valence-corrected chi connectivity index (χ4v) is 5.07. The third kappa shape index (κ3) is 4.90. The summed E-state index contributed by atoms with van der Waals surface area (Å²) in [5, 5.41) is 3.44. The van der Waals surface area contributed by atoms with Crippen molar-refractivity contribution in [2.24, 2.45) is 0 Å². The van der Waals surface area contributed by atoms with E-state index in [1.54, 1.807) is 19.1 Å². The minimum absolute atomic E-state index is 0.00425. The first-order valence-corrected chi connectivity index (χ1v) is 11.7. The summed E-state index contributed by atoms with van der Waals surface area (Å²) in [6.45, 7) is 3.60. The zero-order valence-corrected chi connectivity index (χ0v) is 19.2. The lowest BCUT2D eigenvalue weighted by atomic mass is 10.1. The lowest BCUT2D eigenvalue weighted by molar-refractivity contribution is 0.0601. The number of para-hydroxylation sites is 1. The lowest BCUT2D eigenvalue weighted by Crippen LogP contribution is -2.19. The molecule has 0 spiro atoms. The second-order valence-corrected chi connectivity index (χ2v) is 9.88. The molecule has 0 aliphatic carbocycles. The van der Waals surface area contributed by atoms with Crippen molar-refractivity contribution in [3.05, 3.63) is 75.1 Å². The number of carbonyl (C=O) groups excluding carboxylic acids is 2. The van der Waals surface area contributed by atoms with Gasteiger partial charge in [0.15, 0.2) is 0 Å². The van der Waals surface area contributed by atoms with Gasteiger partial charge in [0.1, 0.15) is 5.00 Å². The van der Waals surface area contributed by atoms with E-state index in [4.69, 9.17) is 16.3 Å². The van der Waals surface area contributed by atoms with Crippen LogP contribution in [0.3, 0.4) is 0 Å². The van der Waals surface area contributed by atoms with Crippen LogP contribution in [0.2, 0.25) is 5.02 Å². The Kier molecular flexibility index (Phi) is 6.68. The van der Waals surface area contributed by atoms with Crippen LogP contribution in [0.1, 0.15) is 31.2 Å². The van der Waals surface area contributed by atoms with E-state index in [-0.39, 0.29) is 21.7 Å². The van der Waals surface area contributed by atoms with Gasteiger partial charge in [-0.15, -0.1) is 11.3 Å². The van der Waals surface area contributed by atoms with Crippen molar-refractivity contribution in [2.45, 2.75) is 18.7 Å². The summed E-state index contributed by atoms with van der Waals surface area (Å²) in [6, 6.07) is 11.8. The number of nitrogens with one attached hydrogen (secondary N) is 2. The highest BCUT2D eigenvalue weighted by atomic mass is 35.5. The summed E-state index contributed by atoms with van der Waals surface area (Å²) in [5.74, 6) is -1.13. The standard InChI is InChI=1S/C21H19ClN2O5S2/c1-12-13(2)30-20(18(12)21(26)29-3)23-19(25)16-6-4-5-7-17(16)24-31(27,28)15-10-8-14(22)9-11-15/h4-11,24H,1-3H3,(H,23,25). The first-order chi connectivity index (χ1) is 14.6. The lowest BCUT2D eigenvalue weighted by Gasteiger charge is -2.13. The van der Waals surface area contributed by atoms with Gasteiger partial charge < -0.3 is 10.1 Å². The van der Waals surface area contributed by atoms with E-state index >= 15 is 0 Å². The Labute approximate surface area is 189 Å². The van der Waals surface area contributed by atoms with Crippen LogP contribution in [0.15, 0.2) is 53.4 Å². The highest BCUT2D eigenvalue weighted by molar-refractivity contribution is 7.92. The number of anilines is 2. The second kappa shape index (κ2) is 9.09. The number of rotatable bonds is 6. The molecule has 0 aliphatic rings. The number of hydrogen-bond acceptors (Lipinski definition) is 6. The number of carbonyl (C=O) groups is 2. The van der Waals surface area contributed by atoms with E-state index in [0.717, 1.165) is 4.88 Å². The molecule has 2 N–H and O–H groups in total. The molecule has 162 valence electrons. The molecule has 7 nitrogen and oxygen atoms in total. The number of hydrogen-bond donors (Lipinski definition) is 2. The van der Waals surface area contributed by atoms with Gasteiger partial charge in [-0.1, -0.05) is 23.7 Å². The average molecular weight is 479 g/mol. The van der Waals surface area contributed by atoms with Crippen LogP contribution in [0.5, 0.6) is 0 Å². The highest BCUT2D eigenvalue weighted by Crippen LogP contribution is 2.33. The first-order valence-electron chi connectivity index (χ1n) is 9.01. The van der Waals surface area contributed by atoms with E-state index < -0.39 is 21.9 Å². The predicted octanol–water partition coefficient (Wildman–Crippen LogP) is 4.86. The molecule has 3 aromatic rings. The number of thiophene rings is 1. The quantitative estimate of drug-likeness (QED) is 0.493. The number of ether oxygens (including phenoxy) is 1. The maximum atomic E-state index is 13.0. The molecule has 0 atom stereocenters. The summed E-state index contributed by atoms with van der Waals surface area (Å²) >= 11 is 7.06. The summed E-state index contributed by atoms with van der Waals surface area (Å²) in [4.78, 5) is 26.0. The van der Waals surface area contributed by atoms with Gasteiger partial charge >= 0.3 is 5.97 Å². The predicted molar refractivity (Wildman–Crippen MR) is 122 cm³/mol. The fraction of sp³-hybridized carbons (Fsp3) is 0.143. The van der Waals surface area contributed by atoms with Crippen LogP contribution in [0.25, 0.3) is 0 Å². The third-order valence-electron chi connectivity index (χ3n) is 4.54. The number of esters is 1. The Morgan fingerprint density at radius 3 is 2.32 bits per heavy atom. The minimum Gasteiger partial charge on any atom is -0.465 e. The van der Waals surface area contributed by atoms with E-state index in [9.17, 15) is 18.0 Å². The van der Waals surface area contributed by atoms with E-state index in [0.29, 0.717) is 15.6 Å². The van der Waals surface area contributed by atoms with Gasteiger partial charge in [0.05, 0.1) is 28.8 Å². The Balaban J connectivity index is 1.92. The fourth-order valence-electron chi connectivity index (χ4n) is 2.82. The van der Waals surface area contributed by atoms with Gasteiger partial charge in [-0.25, -0.2) is 13.2 Å². The monoisotopic (exact) mass is 478 g/mol. The summed E-state index contributed by atoms with van der Waals surface area (Å²) in [7, 11) is -2.68. The molecule has 0 unspecified atom stereocenters. The number of sulfonamides is 1. The van der Waals surface area contributed by atoms with Gasteiger partial charge in [-0.05, 0) is 55.8 Å². The van der Waals surface area contributed by atoms with Crippen LogP contribution in [-0.4, -0.2) is 27.4 Å². The van der Waals surface area contributed by atoms with Crippen LogP contribution in [0, 0.1) is 13.8 Å². The Hall–Kier alpha value is -2.88. The second-order valence-electron chi connectivity index (χ2n) is 6.54. The molecular weight excluding hydrogens is 460 g/mol. The molecule has 0 aliphatic heterocycles. The molecule has 1 heterocycles. The number of benzene rings is 2. The van der Waals surface area contributed by atoms with Crippen molar-refractivity contribution in [1.29, 1.82) is 0 Å². The van der Waals surface area contributed by atoms with Gasteiger partial charge in [0.2, 0.25) is 0 Å². The molecule has 31 heavy (non-hydrogen) atoms. The summed E-state index contributed by atoms with van der Waals surface area (Å²) in [6.07, 6.45) is 0. The highest BCUT2D eigenvalue weighted by Gasteiger charge is 2.24. The number of halogens is 1. The molecule has 2 aromatic carbocycles.